The van der Waals surface area contributed by atoms with Crippen LogP contribution in [0.3, 0.4) is 0 Å². The summed E-state index contributed by atoms with van der Waals surface area (Å²) < 4.78 is 7.14. The van der Waals surface area contributed by atoms with Crippen LogP contribution in [0, 0.1) is 0 Å². The van der Waals surface area contributed by atoms with Gasteiger partial charge in [-0.25, -0.2) is 4.98 Å². The molecule has 0 fully saturated rings. The number of likely N-dealkylation sites (N-methyl/N-ethyl adjacent to an activating group) is 1. The normalized spacial score (nSPS) is 11.4. The number of hydrogen-bond acceptors (Lipinski definition) is 5. The van der Waals surface area contributed by atoms with Gasteiger partial charge in [-0.3, -0.25) is 9.36 Å². The van der Waals surface area contributed by atoms with Gasteiger partial charge in [-0.05, 0) is 31.3 Å². The van der Waals surface area contributed by atoms with Gasteiger partial charge < -0.3 is 9.64 Å². The zero-order valence-corrected chi connectivity index (χ0v) is 17.6. The Balaban J connectivity index is 1.96. The molecule has 6 nitrogen and oxygen atoms in total. The maximum Gasteiger partial charge on any atom is 0.318 e. The molecule has 0 radical (unpaired) electrons. The lowest BCUT2D eigenvalue weighted by atomic mass is 10.1. The number of ether oxygens (including phenoxy) is 1. The summed E-state index contributed by atoms with van der Waals surface area (Å²) >= 11 is 12.6. The third-order valence-electron chi connectivity index (χ3n) is 4.69. The Morgan fingerprint density at radius 1 is 1.18 bits per heavy atom. The minimum absolute atomic E-state index is 0.240. The number of halogens is 2. The smallest absolute Gasteiger partial charge is 0.318 e. The minimum Gasteiger partial charge on any atom is -0.462 e. The number of aromatic nitrogens is 3. The highest BCUT2D eigenvalue weighted by atomic mass is 35.5. The Kier molecular flexibility index (Phi) is 6.54. The van der Waals surface area contributed by atoms with E-state index in [9.17, 15) is 4.79 Å². The second-order valence-corrected chi connectivity index (χ2v) is 7.14. The second-order valence-electron chi connectivity index (χ2n) is 6.33. The summed E-state index contributed by atoms with van der Waals surface area (Å²) in [5.41, 5.74) is 1.16. The van der Waals surface area contributed by atoms with Crippen molar-refractivity contribution in [2.45, 2.75) is 13.8 Å². The zero-order valence-electron chi connectivity index (χ0n) is 16.1. The van der Waals surface area contributed by atoms with Gasteiger partial charge in [0.1, 0.15) is 12.3 Å². The molecule has 3 aromatic rings. The standard InChI is InChI=1S/C20H22Cl2N4O2/c1-4-26(5-2)9-10-28-20-23-12-13-11-14(19(27)25(3)18(13)24-20)17-15(21)7-6-8-16(17)22/h6-8,11-12H,4-5,9-10H2,1-3H3. The van der Waals surface area contributed by atoms with E-state index in [0.29, 0.717) is 38.8 Å². The highest BCUT2D eigenvalue weighted by Gasteiger charge is 2.16. The van der Waals surface area contributed by atoms with Gasteiger partial charge in [-0.2, -0.15) is 4.98 Å². The molecule has 3 rings (SSSR count). The predicted molar refractivity (Wildman–Crippen MR) is 114 cm³/mol. The fourth-order valence-electron chi connectivity index (χ4n) is 3.04. The SMILES string of the molecule is CCN(CC)CCOc1ncc2cc(-c3c(Cl)cccc3Cl)c(=O)n(C)c2n1. The third kappa shape index (κ3) is 4.14. The summed E-state index contributed by atoms with van der Waals surface area (Å²) in [7, 11) is 1.66. The van der Waals surface area contributed by atoms with E-state index in [-0.39, 0.29) is 11.6 Å². The lowest BCUT2D eigenvalue weighted by Gasteiger charge is -2.17. The Bertz CT molecular complexity index is 1030. The number of nitrogens with zero attached hydrogens (tertiary/aromatic N) is 4. The van der Waals surface area contributed by atoms with Crippen LogP contribution in [0.25, 0.3) is 22.2 Å². The maximum atomic E-state index is 12.9. The summed E-state index contributed by atoms with van der Waals surface area (Å²) in [5, 5.41) is 1.53. The van der Waals surface area contributed by atoms with Crippen LogP contribution in [-0.4, -0.2) is 45.7 Å². The first-order chi connectivity index (χ1) is 13.5. The molecule has 0 bridgehead atoms. The van der Waals surface area contributed by atoms with Crippen LogP contribution < -0.4 is 10.3 Å². The summed E-state index contributed by atoms with van der Waals surface area (Å²) in [6.07, 6.45) is 1.64. The van der Waals surface area contributed by atoms with Gasteiger partial charge in [-0.15, -0.1) is 0 Å². The van der Waals surface area contributed by atoms with Crippen LogP contribution >= 0.6 is 23.2 Å². The molecule has 0 N–H and O–H groups in total. The van der Waals surface area contributed by atoms with Gasteiger partial charge in [-0.1, -0.05) is 43.1 Å². The minimum atomic E-state index is -0.240. The first-order valence-electron chi connectivity index (χ1n) is 9.12. The van der Waals surface area contributed by atoms with E-state index in [1.807, 2.05) is 0 Å². The quantitative estimate of drug-likeness (QED) is 0.577. The molecule has 0 aliphatic carbocycles. The summed E-state index contributed by atoms with van der Waals surface area (Å²) in [5.74, 6) is 0. The van der Waals surface area contributed by atoms with Crippen molar-refractivity contribution in [3.8, 4) is 17.1 Å². The Hall–Kier alpha value is -2.15. The highest BCUT2D eigenvalue weighted by molar-refractivity contribution is 6.39. The summed E-state index contributed by atoms with van der Waals surface area (Å²) in [4.78, 5) is 23.8. The first-order valence-corrected chi connectivity index (χ1v) is 9.88. The number of pyridine rings is 1. The van der Waals surface area contributed by atoms with E-state index < -0.39 is 0 Å². The number of rotatable bonds is 7. The summed E-state index contributed by atoms with van der Waals surface area (Å²) in [6, 6.07) is 7.11. The van der Waals surface area contributed by atoms with Crippen molar-refractivity contribution in [2.24, 2.45) is 7.05 Å². The van der Waals surface area contributed by atoms with Crippen molar-refractivity contribution in [3.63, 3.8) is 0 Å². The number of benzene rings is 1. The maximum absolute atomic E-state index is 12.9. The van der Waals surface area contributed by atoms with Gasteiger partial charge in [0.2, 0.25) is 0 Å². The topological polar surface area (TPSA) is 60.2 Å². The molecule has 1 aromatic carbocycles. The van der Waals surface area contributed by atoms with E-state index >= 15 is 0 Å². The Morgan fingerprint density at radius 3 is 2.50 bits per heavy atom. The van der Waals surface area contributed by atoms with Crippen LogP contribution in [0.5, 0.6) is 6.01 Å². The highest BCUT2D eigenvalue weighted by Crippen LogP contribution is 2.33. The van der Waals surface area contributed by atoms with E-state index in [2.05, 4.69) is 28.7 Å². The average Bonchev–Trinajstić information content (AvgIpc) is 2.69. The van der Waals surface area contributed by atoms with Crippen molar-refractivity contribution in [1.29, 1.82) is 0 Å². The average molecular weight is 421 g/mol. The van der Waals surface area contributed by atoms with E-state index in [4.69, 9.17) is 27.9 Å². The molecule has 28 heavy (non-hydrogen) atoms. The molecule has 0 saturated carbocycles. The second kappa shape index (κ2) is 8.90. The monoisotopic (exact) mass is 420 g/mol. The number of aryl methyl sites for hydroxylation is 1. The molecule has 0 amide bonds. The zero-order chi connectivity index (χ0) is 20.3. The van der Waals surface area contributed by atoms with Crippen LogP contribution in [0.2, 0.25) is 10.0 Å². The molecular weight excluding hydrogens is 399 g/mol. The van der Waals surface area contributed by atoms with Crippen molar-refractivity contribution in [3.05, 3.63) is 50.9 Å². The molecular formula is C20H22Cl2N4O2. The van der Waals surface area contributed by atoms with Crippen LogP contribution in [0.15, 0.2) is 35.3 Å². The van der Waals surface area contributed by atoms with Gasteiger partial charge in [0.05, 0.1) is 15.6 Å². The molecule has 2 aromatic heterocycles. The van der Waals surface area contributed by atoms with E-state index in [1.54, 1.807) is 37.5 Å². The van der Waals surface area contributed by atoms with Gasteiger partial charge in [0.15, 0.2) is 0 Å². The fraction of sp³-hybridized carbons (Fsp3) is 0.350. The molecule has 0 aliphatic heterocycles. The fourth-order valence-corrected chi connectivity index (χ4v) is 3.64. The molecule has 0 aliphatic rings. The Morgan fingerprint density at radius 2 is 1.86 bits per heavy atom. The van der Waals surface area contributed by atoms with E-state index in [1.165, 1.54) is 4.57 Å². The van der Waals surface area contributed by atoms with Gasteiger partial charge in [0.25, 0.3) is 5.56 Å². The molecule has 148 valence electrons. The lowest BCUT2D eigenvalue weighted by molar-refractivity contribution is 0.213. The molecule has 0 saturated heterocycles. The molecule has 0 atom stereocenters. The van der Waals surface area contributed by atoms with Crippen LogP contribution in [0.4, 0.5) is 0 Å². The van der Waals surface area contributed by atoms with Crippen LogP contribution in [-0.2, 0) is 7.05 Å². The van der Waals surface area contributed by atoms with Crippen molar-refractivity contribution in [1.82, 2.24) is 19.4 Å². The summed E-state index contributed by atoms with van der Waals surface area (Å²) in [6.45, 7) is 7.40. The molecule has 0 unspecified atom stereocenters. The molecule has 2 heterocycles. The largest absolute Gasteiger partial charge is 0.462 e. The van der Waals surface area contributed by atoms with E-state index in [0.717, 1.165) is 19.6 Å². The number of fused-ring (bicyclic) bond motifs is 1. The number of hydrogen-bond donors (Lipinski definition) is 0. The van der Waals surface area contributed by atoms with Gasteiger partial charge >= 0.3 is 6.01 Å². The molecule has 8 heteroatoms. The van der Waals surface area contributed by atoms with Crippen molar-refractivity contribution >= 4 is 34.2 Å². The van der Waals surface area contributed by atoms with Crippen molar-refractivity contribution in [2.75, 3.05) is 26.2 Å². The van der Waals surface area contributed by atoms with Crippen LogP contribution in [0.1, 0.15) is 13.8 Å². The first kappa shape index (κ1) is 20.6. The predicted octanol–water partition coefficient (Wildman–Crippen LogP) is 4.02. The van der Waals surface area contributed by atoms with Crippen molar-refractivity contribution < 1.29 is 4.74 Å². The third-order valence-corrected chi connectivity index (χ3v) is 5.32. The molecule has 0 spiro atoms. The van der Waals surface area contributed by atoms with Gasteiger partial charge in [0, 0.05) is 30.7 Å². The lowest BCUT2D eigenvalue weighted by Crippen LogP contribution is -2.28. The Labute approximate surface area is 173 Å².